The largest absolute Gasteiger partial charge is 0.342 e. The standard InChI is InChI=1S/C18H25N5O/c1-14-12-17-19-15(7-11-23(17)20-14)16-6-2-3-10-22(16)13-18(24)21-8-4-5-9-21/h7,11-12,16H,2-6,8-10,13H2,1H3/t16-/m1/s1. The molecule has 2 aromatic heterocycles. The minimum Gasteiger partial charge on any atom is -0.342 e. The Hall–Kier alpha value is -1.95. The molecule has 0 radical (unpaired) electrons. The van der Waals surface area contributed by atoms with Crippen molar-refractivity contribution in [2.75, 3.05) is 26.2 Å². The normalized spacial score (nSPS) is 22.4. The van der Waals surface area contributed by atoms with Gasteiger partial charge in [0.05, 0.1) is 24.0 Å². The van der Waals surface area contributed by atoms with Crippen LogP contribution in [0, 0.1) is 6.92 Å². The summed E-state index contributed by atoms with van der Waals surface area (Å²) in [6.07, 6.45) is 7.72. The average Bonchev–Trinajstić information content (AvgIpc) is 3.23. The molecule has 0 aliphatic carbocycles. The Morgan fingerprint density at radius 1 is 1.21 bits per heavy atom. The topological polar surface area (TPSA) is 53.7 Å². The van der Waals surface area contributed by atoms with E-state index in [2.05, 4.69) is 16.1 Å². The van der Waals surface area contributed by atoms with Crippen LogP contribution in [0.1, 0.15) is 49.5 Å². The van der Waals surface area contributed by atoms with Crippen molar-refractivity contribution >= 4 is 11.6 Å². The molecule has 0 saturated carbocycles. The van der Waals surface area contributed by atoms with Gasteiger partial charge >= 0.3 is 0 Å². The highest BCUT2D eigenvalue weighted by atomic mass is 16.2. The quantitative estimate of drug-likeness (QED) is 0.867. The Morgan fingerprint density at radius 2 is 2.00 bits per heavy atom. The molecule has 4 rings (SSSR count). The third kappa shape index (κ3) is 3.02. The van der Waals surface area contributed by atoms with E-state index in [1.165, 1.54) is 6.42 Å². The first-order valence-corrected chi connectivity index (χ1v) is 9.05. The number of carbonyl (C=O) groups is 1. The zero-order valence-electron chi connectivity index (χ0n) is 14.3. The van der Waals surface area contributed by atoms with Crippen molar-refractivity contribution < 1.29 is 4.79 Å². The fourth-order valence-corrected chi connectivity index (χ4v) is 3.95. The first-order chi connectivity index (χ1) is 11.7. The van der Waals surface area contributed by atoms with Gasteiger partial charge in [0.1, 0.15) is 0 Å². The van der Waals surface area contributed by atoms with Gasteiger partial charge in [0.25, 0.3) is 0 Å². The minimum atomic E-state index is 0.241. The zero-order valence-corrected chi connectivity index (χ0v) is 14.3. The zero-order chi connectivity index (χ0) is 16.5. The van der Waals surface area contributed by atoms with E-state index in [4.69, 9.17) is 4.98 Å². The predicted molar refractivity (Wildman–Crippen MR) is 91.7 cm³/mol. The van der Waals surface area contributed by atoms with Crippen LogP contribution in [-0.2, 0) is 4.79 Å². The van der Waals surface area contributed by atoms with Gasteiger partial charge in [-0.1, -0.05) is 6.42 Å². The highest BCUT2D eigenvalue weighted by molar-refractivity contribution is 5.78. The number of aryl methyl sites for hydroxylation is 1. The summed E-state index contributed by atoms with van der Waals surface area (Å²) in [6.45, 7) is 5.34. The molecule has 0 bridgehead atoms. The number of aromatic nitrogens is 3. The summed E-state index contributed by atoms with van der Waals surface area (Å²) >= 11 is 0. The van der Waals surface area contributed by atoms with Gasteiger partial charge in [-0.25, -0.2) is 9.50 Å². The van der Waals surface area contributed by atoms with Crippen molar-refractivity contribution in [1.82, 2.24) is 24.4 Å². The lowest BCUT2D eigenvalue weighted by Crippen LogP contribution is -2.42. The molecular formula is C18H25N5O. The fourth-order valence-electron chi connectivity index (χ4n) is 3.95. The van der Waals surface area contributed by atoms with E-state index in [0.29, 0.717) is 6.54 Å². The molecule has 2 aliphatic rings. The van der Waals surface area contributed by atoms with Crippen LogP contribution in [0.5, 0.6) is 0 Å². The van der Waals surface area contributed by atoms with E-state index in [1.807, 2.05) is 28.6 Å². The van der Waals surface area contributed by atoms with Gasteiger partial charge in [0.2, 0.25) is 5.91 Å². The van der Waals surface area contributed by atoms with E-state index in [1.54, 1.807) is 0 Å². The number of fused-ring (bicyclic) bond motifs is 1. The molecule has 2 aliphatic heterocycles. The molecule has 4 heterocycles. The van der Waals surface area contributed by atoms with Crippen molar-refractivity contribution in [3.8, 4) is 0 Å². The molecule has 1 atom stereocenters. The molecule has 0 unspecified atom stereocenters. The van der Waals surface area contributed by atoms with Gasteiger partial charge in [-0.05, 0) is 45.2 Å². The van der Waals surface area contributed by atoms with Gasteiger partial charge in [0.15, 0.2) is 5.65 Å². The van der Waals surface area contributed by atoms with Crippen molar-refractivity contribution in [2.24, 2.45) is 0 Å². The fraction of sp³-hybridized carbons (Fsp3) is 0.611. The highest BCUT2D eigenvalue weighted by Crippen LogP contribution is 2.30. The third-order valence-electron chi connectivity index (χ3n) is 5.22. The maximum Gasteiger partial charge on any atom is 0.236 e. The highest BCUT2D eigenvalue weighted by Gasteiger charge is 2.29. The first-order valence-electron chi connectivity index (χ1n) is 9.05. The molecule has 2 fully saturated rings. The van der Waals surface area contributed by atoms with Crippen LogP contribution in [0.4, 0.5) is 0 Å². The number of carbonyl (C=O) groups excluding carboxylic acids is 1. The van der Waals surface area contributed by atoms with Crippen molar-refractivity contribution in [1.29, 1.82) is 0 Å². The molecular weight excluding hydrogens is 302 g/mol. The molecule has 0 spiro atoms. The molecule has 24 heavy (non-hydrogen) atoms. The number of likely N-dealkylation sites (tertiary alicyclic amines) is 2. The van der Waals surface area contributed by atoms with Gasteiger partial charge in [-0.3, -0.25) is 9.69 Å². The lowest BCUT2D eigenvalue weighted by Gasteiger charge is -2.35. The minimum absolute atomic E-state index is 0.241. The van der Waals surface area contributed by atoms with Crippen molar-refractivity contribution in [3.63, 3.8) is 0 Å². The van der Waals surface area contributed by atoms with Crippen molar-refractivity contribution in [2.45, 2.75) is 45.1 Å². The lowest BCUT2D eigenvalue weighted by molar-refractivity contribution is -0.132. The van der Waals surface area contributed by atoms with Gasteiger partial charge in [-0.15, -0.1) is 0 Å². The summed E-state index contributed by atoms with van der Waals surface area (Å²) < 4.78 is 1.82. The van der Waals surface area contributed by atoms with Crippen LogP contribution in [-0.4, -0.2) is 56.5 Å². The van der Waals surface area contributed by atoms with Crippen molar-refractivity contribution in [3.05, 3.63) is 29.7 Å². The molecule has 1 amide bonds. The molecule has 6 nitrogen and oxygen atoms in total. The second-order valence-corrected chi connectivity index (χ2v) is 7.01. The second-order valence-electron chi connectivity index (χ2n) is 7.01. The van der Waals surface area contributed by atoms with Crippen LogP contribution < -0.4 is 0 Å². The Bertz CT molecular complexity index is 734. The van der Waals surface area contributed by atoms with Crippen LogP contribution in [0.25, 0.3) is 5.65 Å². The Kier molecular flexibility index (Phi) is 4.22. The summed E-state index contributed by atoms with van der Waals surface area (Å²) in [7, 11) is 0. The van der Waals surface area contributed by atoms with E-state index in [-0.39, 0.29) is 11.9 Å². The number of hydrogen-bond donors (Lipinski definition) is 0. The Morgan fingerprint density at radius 3 is 2.83 bits per heavy atom. The van der Waals surface area contributed by atoms with Gasteiger partial charge < -0.3 is 4.90 Å². The predicted octanol–water partition coefficient (Wildman–Crippen LogP) is 2.19. The number of piperidine rings is 1. The second kappa shape index (κ2) is 6.51. The van der Waals surface area contributed by atoms with E-state index in [0.717, 1.165) is 62.4 Å². The first kappa shape index (κ1) is 15.6. The lowest BCUT2D eigenvalue weighted by atomic mass is 9.99. The van der Waals surface area contributed by atoms with Crippen LogP contribution >= 0.6 is 0 Å². The number of hydrogen-bond acceptors (Lipinski definition) is 4. The van der Waals surface area contributed by atoms with Crippen LogP contribution in [0.2, 0.25) is 0 Å². The van der Waals surface area contributed by atoms with E-state index < -0.39 is 0 Å². The summed E-state index contributed by atoms with van der Waals surface area (Å²) in [5.74, 6) is 0.278. The third-order valence-corrected chi connectivity index (χ3v) is 5.22. The number of amides is 1. The molecule has 0 N–H and O–H groups in total. The van der Waals surface area contributed by atoms with E-state index in [9.17, 15) is 4.79 Å². The smallest absolute Gasteiger partial charge is 0.236 e. The Labute approximate surface area is 142 Å². The maximum absolute atomic E-state index is 12.6. The summed E-state index contributed by atoms with van der Waals surface area (Å²) in [5.41, 5.74) is 2.93. The molecule has 2 aromatic rings. The summed E-state index contributed by atoms with van der Waals surface area (Å²) in [5, 5.41) is 4.40. The SMILES string of the molecule is Cc1cc2nc([C@H]3CCCCN3CC(=O)N3CCCC3)ccn2n1. The average molecular weight is 327 g/mol. The Balaban J connectivity index is 1.54. The monoisotopic (exact) mass is 327 g/mol. The van der Waals surface area contributed by atoms with Gasteiger partial charge in [0, 0.05) is 25.4 Å². The molecule has 128 valence electrons. The molecule has 2 saturated heterocycles. The maximum atomic E-state index is 12.6. The summed E-state index contributed by atoms with van der Waals surface area (Å²) in [4.78, 5) is 21.7. The van der Waals surface area contributed by atoms with Crippen LogP contribution in [0.15, 0.2) is 18.3 Å². The van der Waals surface area contributed by atoms with Crippen LogP contribution in [0.3, 0.4) is 0 Å². The number of nitrogens with zero attached hydrogens (tertiary/aromatic N) is 5. The number of rotatable bonds is 3. The summed E-state index contributed by atoms with van der Waals surface area (Å²) in [6, 6.07) is 4.31. The molecule has 0 aromatic carbocycles. The molecule has 6 heteroatoms. The van der Waals surface area contributed by atoms with Gasteiger partial charge in [-0.2, -0.15) is 5.10 Å². The van der Waals surface area contributed by atoms with E-state index >= 15 is 0 Å².